The Bertz CT molecular complexity index is 476. The largest absolute Gasteiger partial charge is 0.444 e. The van der Waals surface area contributed by atoms with Crippen LogP contribution < -0.4 is 0 Å². The summed E-state index contributed by atoms with van der Waals surface area (Å²) >= 11 is 1.60. The van der Waals surface area contributed by atoms with E-state index in [0.717, 1.165) is 10.8 Å². The number of ether oxygens (including phenoxy) is 1. The van der Waals surface area contributed by atoms with Crippen LogP contribution in [0.15, 0.2) is 29.4 Å². The first kappa shape index (κ1) is 16.1. The number of nitrogens with zero attached hydrogens (tertiary/aromatic N) is 2. The third kappa shape index (κ3) is 4.89. The quantitative estimate of drug-likeness (QED) is 0.869. The van der Waals surface area contributed by atoms with Crippen LogP contribution in [-0.2, 0) is 4.74 Å². The van der Waals surface area contributed by atoms with Gasteiger partial charge in [0.2, 0.25) is 0 Å². The van der Waals surface area contributed by atoms with Crippen molar-refractivity contribution in [2.75, 3.05) is 18.8 Å². The molecule has 0 unspecified atom stereocenters. The van der Waals surface area contributed by atoms with E-state index in [4.69, 9.17) is 4.74 Å². The second kappa shape index (κ2) is 6.66. The van der Waals surface area contributed by atoms with Crippen LogP contribution in [0.1, 0.15) is 20.8 Å². The van der Waals surface area contributed by atoms with Gasteiger partial charge in [0.15, 0.2) is 0 Å². The van der Waals surface area contributed by atoms with Crippen LogP contribution in [0, 0.1) is 5.92 Å². The number of rotatable bonds is 3. The van der Waals surface area contributed by atoms with Gasteiger partial charge in [-0.05, 0) is 32.9 Å². The highest BCUT2D eigenvalue weighted by molar-refractivity contribution is 7.99. The van der Waals surface area contributed by atoms with Crippen molar-refractivity contribution in [1.29, 1.82) is 0 Å². The second-order valence-corrected chi connectivity index (χ2v) is 7.23. The van der Waals surface area contributed by atoms with Crippen LogP contribution in [0.25, 0.3) is 0 Å². The Labute approximate surface area is 129 Å². The van der Waals surface area contributed by atoms with Crippen molar-refractivity contribution < 1.29 is 14.6 Å². The molecule has 1 saturated heterocycles. The summed E-state index contributed by atoms with van der Waals surface area (Å²) in [5, 5.41) is 11.0. The third-order valence-corrected chi connectivity index (χ3v) is 4.27. The van der Waals surface area contributed by atoms with Crippen LogP contribution in [-0.4, -0.2) is 51.6 Å². The first-order valence-corrected chi connectivity index (χ1v) is 8.03. The molecule has 5 nitrogen and oxygen atoms in total. The molecule has 1 aromatic rings. The topological polar surface area (TPSA) is 62.7 Å². The number of hydrogen-bond donors (Lipinski definition) is 1. The molecule has 1 N–H and O–H groups in total. The fourth-order valence-corrected chi connectivity index (χ4v) is 3.14. The lowest BCUT2D eigenvalue weighted by Gasteiger charge is -2.24. The molecule has 2 atom stereocenters. The number of thioether (sulfide) groups is 1. The van der Waals surface area contributed by atoms with Crippen molar-refractivity contribution in [3.05, 3.63) is 24.4 Å². The Hall–Kier alpha value is -1.27. The molecule has 0 spiro atoms. The lowest BCUT2D eigenvalue weighted by Crippen LogP contribution is -2.35. The summed E-state index contributed by atoms with van der Waals surface area (Å²) in [7, 11) is 0. The molecule has 0 aliphatic carbocycles. The molecular formula is C15H22N2O3S. The number of amides is 1. The van der Waals surface area contributed by atoms with E-state index in [9.17, 15) is 9.90 Å². The van der Waals surface area contributed by atoms with Gasteiger partial charge in [-0.25, -0.2) is 9.78 Å². The molecule has 0 radical (unpaired) electrons. The zero-order valence-electron chi connectivity index (χ0n) is 12.7. The second-order valence-electron chi connectivity index (χ2n) is 6.19. The van der Waals surface area contributed by atoms with E-state index in [1.54, 1.807) is 22.9 Å². The normalized spacial score (nSPS) is 22.4. The first-order valence-electron chi connectivity index (χ1n) is 7.05. The Morgan fingerprint density at radius 2 is 2.24 bits per heavy atom. The van der Waals surface area contributed by atoms with Crippen molar-refractivity contribution in [2.45, 2.75) is 37.5 Å². The van der Waals surface area contributed by atoms with E-state index in [-0.39, 0.29) is 12.0 Å². The highest BCUT2D eigenvalue weighted by Gasteiger charge is 2.36. The van der Waals surface area contributed by atoms with Crippen molar-refractivity contribution in [1.82, 2.24) is 9.88 Å². The van der Waals surface area contributed by atoms with Gasteiger partial charge in [0.1, 0.15) is 5.60 Å². The molecule has 1 aliphatic heterocycles. The summed E-state index contributed by atoms with van der Waals surface area (Å²) in [4.78, 5) is 17.8. The number of β-amino-alcohol motifs (C(OH)–C–C–N with tert-alkyl or cyclic N) is 1. The van der Waals surface area contributed by atoms with E-state index in [2.05, 4.69) is 4.98 Å². The molecule has 6 heteroatoms. The summed E-state index contributed by atoms with van der Waals surface area (Å²) in [5.74, 6) is 0.779. The first-order chi connectivity index (χ1) is 9.85. The van der Waals surface area contributed by atoms with Gasteiger partial charge in [0.25, 0.3) is 0 Å². The van der Waals surface area contributed by atoms with Gasteiger partial charge < -0.3 is 14.7 Å². The minimum Gasteiger partial charge on any atom is -0.444 e. The molecule has 0 bridgehead atoms. The molecule has 0 aromatic carbocycles. The number of aromatic nitrogens is 1. The maximum atomic E-state index is 12.0. The van der Waals surface area contributed by atoms with E-state index in [0.29, 0.717) is 13.1 Å². The van der Waals surface area contributed by atoms with Gasteiger partial charge in [-0.2, -0.15) is 0 Å². The van der Waals surface area contributed by atoms with Crippen LogP contribution in [0.4, 0.5) is 4.79 Å². The number of carbonyl (C=O) groups is 1. The summed E-state index contributed by atoms with van der Waals surface area (Å²) in [5.41, 5.74) is -0.511. The lowest BCUT2D eigenvalue weighted by molar-refractivity contribution is 0.0270. The zero-order chi connectivity index (χ0) is 15.5. The summed E-state index contributed by atoms with van der Waals surface area (Å²) in [6.45, 7) is 6.38. The molecule has 0 saturated carbocycles. The van der Waals surface area contributed by atoms with E-state index >= 15 is 0 Å². The molecule has 116 valence electrons. The standard InChI is InChI=1S/C15H22N2O3S/c1-15(2,3)20-14(19)17-8-11(12(18)9-17)10-21-13-6-4-5-7-16-13/h4-7,11-12,18H,8-10H2,1-3H3/t11-,12+/m1/s1. The van der Waals surface area contributed by atoms with Crippen molar-refractivity contribution in [3.8, 4) is 0 Å². The molecule has 1 aliphatic rings. The van der Waals surface area contributed by atoms with E-state index in [1.165, 1.54) is 0 Å². The van der Waals surface area contributed by atoms with E-state index < -0.39 is 11.7 Å². The molecule has 1 amide bonds. The van der Waals surface area contributed by atoms with Gasteiger partial charge in [0, 0.05) is 24.4 Å². The van der Waals surface area contributed by atoms with Crippen LogP contribution in [0.2, 0.25) is 0 Å². The molecule has 1 aromatic heterocycles. The number of aliphatic hydroxyl groups excluding tert-OH is 1. The maximum absolute atomic E-state index is 12.0. The number of hydrogen-bond acceptors (Lipinski definition) is 5. The Balaban J connectivity index is 1.85. The Kier molecular flexibility index (Phi) is 5.11. The van der Waals surface area contributed by atoms with Crippen LogP contribution in [0.3, 0.4) is 0 Å². The maximum Gasteiger partial charge on any atom is 0.410 e. The molecular weight excluding hydrogens is 288 g/mol. The minimum atomic E-state index is -0.511. The van der Waals surface area contributed by atoms with Gasteiger partial charge in [-0.1, -0.05) is 6.07 Å². The number of pyridine rings is 1. The highest BCUT2D eigenvalue weighted by Crippen LogP contribution is 2.26. The zero-order valence-corrected chi connectivity index (χ0v) is 13.5. The van der Waals surface area contributed by atoms with Crippen molar-refractivity contribution in [3.63, 3.8) is 0 Å². The smallest absolute Gasteiger partial charge is 0.410 e. The van der Waals surface area contributed by atoms with Crippen LogP contribution in [0.5, 0.6) is 0 Å². The monoisotopic (exact) mass is 310 g/mol. The SMILES string of the molecule is CC(C)(C)OC(=O)N1C[C@H](CSc2ccccn2)[C@@H](O)C1. The average molecular weight is 310 g/mol. The van der Waals surface area contributed by atoms with Gasteiger partial charge in [-0.3, -0.25) is 0 Å². The van der Waals surface area contributed by atoms with Crippen molar-refractivity contribution >= 4 is 17.9 Å². The Morgan fingerprint density at radius 3 is 2.86 bits per heavy atom. The molecule has 21 heavy (non-hydrogen) atoms. The Morgan fingerprint density at radius 1 is 1.48 bits per heavy atom. The number of likely N-dealkylation sites (tertiary alicyclic amines) is 1. The highest BCUT2D eigenvalue weighted by atomic mass is 32.2. The van der Waals surface area contributed by atoms with Gasteiger partial charge >= 0.3 is 6.09 Å². The molecule has 2 rings (SSSR count). The summed E-state index contributed by atoms with van der Waals surface area (Å²) in [6.07, 6.45) is 0.890. The summed E-state index contributed by atoms with van der Waals surface area (Å²) < 4.78 is 5.34. The predicted octanol–water partition coefficient (Wildman–Crippen LogP) is 2.40. The molecule has 2 heterocycles. The minimum absolute atomic E-state index is 0.0459. The lowest BCUT2D eigenvalue weighted by atomic mass is 10.1. The fourth-order valence-electron chi connectivity index (χ4n) is 2.12. The third-order valence-electron chi connectivity index (χ3n) is 3.14. The van der Waals surface area contributed by atoms with Crippen molar-refractivity contribution in [2.24, 2.45) is 5.92 Å². The summed E-state index contributed by atoms with van der Waals surface area (Å²) in [6, 6.07) is 5.75. The molecule has 1 fully saturated rings. The fraction of sp³-hybridized carbons (Fsp3) is 0.600. The number of carbonyl (C=O) groups excluding carboxylic acids is 1. The number of aliphatic hydroxyl groups is 1. The van der Waals surface area contributed by atoms with Gasteiger partial charge in [-0.15, -0.1) is 11.8 Å². The van der Waals surface area contributed by atoms with E-state index in [1.807, 2.05) is 39.0 Å². The predicted molar refractivity (Wildman–Crippen MR) is 82.3 cm³/mol. The van der Waals surface area contributed by atoms with Crippen LogP contribution >= 0.6 is 11.8 Å². The average Bonchev–Trinajstić information content (AvgIpc) is 2.77. The van der Waals surface area contributed by atoms with Gasteiger partial charge in [0.05, 0.1) is 17.7 Å².